The van der Waals surface area contributed by atoms with Crippen LogP contribution in [0.1, 0.15) is 0 Å². The van der Waals surface area contributed by atoms with E-state index in [1.165, 1.54) is 24.4 Å². The molecular formula is C11H7BrClN3O4S. The van der Waals surface area contributed by atoms with Gasteiger partial charge < -0.3 is 0 Å². The van der Waals surface area contributed by atoms with Gasteiger partial charge in [-0.05, 0) is 34.1 Å². The van der Waals surface area contributed by atoms with E-state index >= 15 is 0 Å². The molecule has 0 aliphatic heterocycles. The average molecular weight is 393 g/mol. The molecule has 1 aromatic heterocycles. The van der Waals surface area contributed by atoms with Gasteiger partial charge in [0.1, 0.15) is 10.6 Å². The molecule has 0 fully saturated rings. The first-order valence-corrected chi connectivity index (χ1v) is 8.02. The molecule has 0 atom stereocenters. The molecular weight excluding hydrogens is 386 g/mol. The number of halogens is 2. The first-order valence-electron chi connectivity index (χ1n) is 5.37. The van der Waals surface area contributed by atoms with Crippen molar-refractivity contribution in [3.05, 3.63) is 56.3 Å². The third-order valence-corrected chi connectivity index (χ3v) is 4.39. The van der Waals surface area contributed by atoms with Crippen LogP contribution >= 0.6 is 27.5 Å². The highest BCUT2D eigenvalue weighted by atomic mass is 79.9. The summed E-state index contributed by atoms with van der Waals surface area (Å²) in [6.07, 6.45) is 2.55. The monoisotopic (exact) mass is 391 g/mol. The van der Waals surface area contributed by atoms with Gasteiger partial charge in [-0.15, -0.1) is 0 Å². The fraction of sp³-hybridized carbons (Fsp3) is 0. The number of benzene rings is 1. The Bertz CT molecular complexity index is 813. The fourth-order valence-electron chi connectivity index (χ4n) is 1.49. The van der Waals surface area contributed by atoms with Gasteiger partial charge in [0.15, 0.2) is 0 Å². The Morgan fingerprint density at radius 3 is 2.62 bits per heavy atom. The van der Waals surface area contributed by atoms with Crippen molar-refractivity contribution in [1.82, 2.24) is 4.98 Å². The van der Waals surface area contributed by atoms with E-state index in [9.17, 15) is 18.5 Å². The highest BCUT2D eigenvalue weighted by Gasteiger charge is 2.21. The zero-order valence-corrected chi connectivity index (χ0v) is 13.3. The second-order valence-electron chi connectivity index (χ2n) is 3.86. The molecule has 21 heavy (non-hydrogen) atoms. The smallest absolute Gasteiger partial charge is 0.273 e. The molecule has 2 rings (SSSR count). The SMILES string of the molecule is O=[N+]([O-])c1cc(Cl)ccc1NS(=O)(=O)c1cncc(Br)c1. The quantitative estimate of drug-likeness (QED) is 0.636. The number of anilines is 1. The van der Waals surface area contributed by atoms with Crippen LogP contribution in [0, 0.1) is 10.1 Å². The van der Waals surface area contributed by atoms with Crippen LogP contribution in [0.25, 0.3) is 0 Å². The Morgan fingerprint density at radius 2 is 2.00 bits per heavy atom. The van der Waals surface area contributed by atoms with Crippen molar-refractivity contribution < 1.29 is 13.3 Å². The molecule has 0 aliphatic carbocycles. The van der Waals surface area contributed by atoms with E-state index in [4.69, 9.17) is 11.6 Å². The highest BCUT2D eigenvalue weighted by Crippen LogP contribution is 2.29. The Morgan fingerprint density at radius 1 is 1.29 bits per heavy atom. The molecule has 0 amide bonds. The summed E-state index contributed by atoms with van der Waals surface area (Å²) < 4.78 is 27.0. The fourth-order valence-corrected chi connectivity index (χ4v) is 3.23. The van der Waals surface area contributed by atoms with Crippen molar-refractivity contribution in [1.29, 1.82) is 0 Å². The number of rotatable bonds is 4. The Kier molecular flexibility index (Phi) is 4.45. The number of pyridine rings is 1. The molecule has 1 heterocycles. The van der Waals surface area contributed by atoms with Crippen LogP contribution in [0.3, 0.4) is 0 Å². The number of nitrogens with zero attached hydrogens (tertiary/aromatic N) is 2. The van der Waals surface area contributed by atoms with Gasteiger partial charge in [0.2, 0.25) is 0 Å². The number of hydrogen-bond donors (Lipinski definition) is 1. The first-order chi connectivity index (χ1) is 9.79. The zero-order chi connectivity index (χ0) is 15.6. The van der Waals surface area contributed by atoms with E-state index in [2.05, 4.69) is 25.6 Å². The molecule has 1 aromatic carbocycles. The van der Waals surface area contributed by atoms with Crippen LogP contribution < -0.4 is 4.72 Å². The molecule has 0 saturated carbocycles. The van der Waals surface area contributed by atoms with Gasteiger partial charge in [-0.3, -0.25) is 19.8 Å². The van der Waals surface area contributed by atoms with Crippen LogP contribution in [-0.2, 0) is 10.0 Å². The van der Waals surface area contributed by atoms with Crippen LogP contribution in [0.5, 0.6) is 0 Å². The third-order valence-electron chi connectivity index (χ3n) is 2.39. The normalized spacial score (nSPS) is 11.1. The lowest BCUT2D eigenvalue weighted by Crippen LogP contribution is -2.14. The molecule has 10 heteroatoms. The van der Waals surface area contributed by atoms with Gasteiger partial charge in [-0.2, -0.15) is 0 Å². The van der Waals surface area contributed by atoms with Gasteiger partial charge >= 0.3 is 0 Å². The van der Waals surface area contributed by atoms with E-state index in [-0.39, 0.29) is 15.6 Å². The number of nitro benzene ring substituents is 1. The number of aromatic nitrogens is 1. The molecule has 0 unspecified atom stereocenters. The number of hydrogen-bond acceptors (Lipinski definition) is 5. The first kappa shape index (κ1) is 15.7. The molecule has 7 nitrogen and oxygen atoms in total. The van der Waals surface area contributed by atoms with Crippen LogP contribution in [0.15, 0.2) is 46.0 Å². The Balaban J connectivity index is 2.44. The van der Waals surface area contributed by atoms with Gasteiger partial charge in [0.25, 0.3) is 15.7 Å². The summed E-state index contributed by atoms with van der Waals surface area (Å²) in [6, 6.07) is 4.98. The maximum atomic E-state index is 12.2. The van der Waals surface area contributed by atoms with E-state index in [1.807, 2.05) is 0 Å². The molecule has 0 radical (unpaired) electrons. The summed E-state index contributed by atoms with van der Waals surface area (Å²) >= 11 is 8.78. The molecule has 110 valence electrons. The Hall–Kier alpha value is -1.71. The average Bonchev–Trinajstić information content (AvgIpc) is 2.40. The predicted molar refractivity (Wildman–Crippen MR) is 80.9 cm³/mol. The van der Waals surface area contributed by atoms with Gasteiger partial charge in [0, 0.05) is 28.0 Å². The topological polar surface area (TPSA) is 102 Å². The predicted octanol–water partition coefficient (Wildman–Crippen LogP) is 3.21. The summed E-state index contributed by atoms with van der Waals surface area (Å²) in [6.45, 7) is 0. The van der Waals surface area contributed by atoms with Crippen LogP contribution in [0.2, 0.25) is 5.02 Å². The van der Waals surface area contributed by atoms with Crippen molar-refractivity contribution in [3.63, 3.8) is 0 Å². The van der Waals surface area contributed by atoms with E-state index in [0.717, 1.165) is 12.3 Å². The summed E-state index contributed by atoms with van der Waals surface area (Å²) in [4.78, 5) is 13.8. The number of nitrogens with one attached hydrogen (secondary N) is 1. The Labute approximate surface area is 133 Å². The largest absolute Gasteiger partial charge is 0.294 e. The molecule has 2 aromatic rings. The van der Waals surface area contributed by atoms with E-state index in [0.29, 0.717) is 4.47 Å². The second kappa shape index (κ2) is 5.96. The minimum Gasteiger partial charge on any atom is -0.273 e. The van der Waals surface area contributed by atoms with Crippen molar-refractivity contribution >= 4 is 48.9 Å². The van der Waals surface area contributed by atoms with Crippen LogP contribution in [0.4, 0.5) is 11.4 Å². The third kappa shape index (κ3) is 3.69. The number of nitro groups is 1. The van der Waals surface area contributed by atoms with Crippen molar-refractivity contribution in [2.75, 3.05) is 4.72 Å². The van der Waals surface area contributed by atoms with Gasteiger partial charge in [-0.25, -0.2) is 8.42 Å². The van der Waals surface area contributed by atoms with Gasteiger partial charge in [0.05, 0.1) is 4.92 Å². The van der Waals surface area contributed by atoms with E-state index < -0.39 is 20.6 Å². The minimum absolute atomic E-state index is 0.124. The molecule has 0 spiro atoms. The van der Waals surface area contributed by atoms with Crippen molar-refractivity contribution in [3.8, 4) is 0 Å². The minimum atomic E-state index is -3.99. The summed E-state index contributed by atoms with van der Waals surface area (Å²) in [5.74, 6) is 0. The molecule has 0 saturated heterocycles. The summed E-state index contributed by atoms with van der Waals surface area (Å²) in [5.41, 5.74) is -0.613. The van der Waals surface area contributed by atoms with Crippen molar-refractivity contribution in [2.24, 2.45) is 0 Å². The maximum absolute atomic E-state index is 12.2. The lowest BCUT2D eigenvalue weighted by atomic mass is 10.3. The highest BCUT2D eigenvalue weighted by molar-refractivity contribution is 9.10. The lowest BCUT2D eigenvalue weighted by Gasteiger charge is -2.08. The zero-order valence-electron chi connectivity index (χ0n) is 10.2. The summed E-state index contributed by atoms with van der Waals surface area (Å²) in [5, 5.41) is 11.1. The van der Waals surface area contributed by atoms with Gasteiger partial charge in [-0.1, -0.05) is 11.6 Å². The maximum Gasteiger partial charge on any atom is 0.294 e. The molecule has 1 N–H and O–H groups in total. The summed E-state index contributed by atoms with van der Waals surface area (Å²) in [7, 11) is -3.99. The van der Waals surface area contributed by atoms with E-state index in [1.54, 1.807) is 0 Å². The molecule has 0 bridgehead atoms. The molecule has 0 aliphatic rings. The van der Waals surface area contributed by atoms with Crippen LogP contribution in [-0.4, -0.2) is 18.3 Å². The lowest BCUT2D eigenvalue weighted by molar-refractivity contribution is -0.383. The number of sulfonamides is 1. The standard InChI is InChI=1S/C11H7BrClN3O4S/c12-7-3-9(6-14-5-7)21(19,20)15-10-2-1-8(13)4-11(10)16(17)18/h1-6,15H. The second-order valence-corrected chi connectivity index (χ2v) is 6.90. The van der Waals surface area contributed by atoms with Crippen molar-refractivity contribution in [2.45, 2.75) is 4.90 Å².